The molecule has 1 aromatic rings. The standard InChI is InChI=1S/C16H26N2O2/c1-5-14(13-8-6-7-9-15(13)19)18-12(4)16(20)17-10-11(2)3/h6-9,11-12,14,18-19H,5,10H2,1-4H3,(H,17,20). The number of amides is 1. The first-order valence-electron chi connectivity index (χ1n) is 7.27. The third-order valence-electron chi connectivity index (χ3n) is 3.25. The Bertz CT molecular complexity index is 432. The zero-order valence-electron chi connectivity index (χ0n) is 12.8. The molecule has 0 bridgehead atoms. The van der Waals surface area contributed by atoms with Crippen LogP contribution in [0.1, 0.15) is 45.7 Å². The minimum Gasteiger partial charge on any atom is -0.508 e. The molecule has 0 aliphatic rings. The highest BCUT2D eigenvalue weighted by atomic mass is 16.3. The topological polar surface area (TPSA) is 61.4 Å². The van der Waals surface area contributed by atoms with Gasteiger partial charge in [-0.25, -0.2) is 0 Å². The van der Waals surface area contributed by atoms with E-state index in [1.807, 2.05) is 26.0 Å². The van der Waals surface area contributed by atoms with Crippen LogP contribution < -0.4 is 10.6 Å². The summed E-state index contributed by atoms with van der Waals surface area (Å²) in [5.41, 5.74) is 0.832. The fourth-order valence-corrected chi connectivity index (χ4v) is 2.05. The summed E-state index contributed by atoms with van der Waals surface area (Å²) in [4.78, 5) is 12.0. The molecular formula is C16H26N2O2. The summed E-state index contributed by atoms with van der Waals surface area (Å²) in [5.74, 6) is 0.695. The molecule has 0 aromatic heterocycles. The number of aromatic hydroxyl groups is 1. The minimum atomic E-state index is -0.293. The lowest BCUT2D eigenvalue weighted by molar-refractivity contribution is -0.123. The van der Waals surface area contributed by atoms with Gasteiger partial charge in [0.05, 0.1) is 6.04 Å². The number of hydrogen-bond donors (Lipinski definition) is 3. The number of carbonyl (C=O) groups is 1. The summed E-state index contributed by atoms with van der Waals surface area (Å²) in [7, 11) is 0. The smallest absolute Gasteiger partial charge is 0.236 e. The Morgan fingerprint density at radius 3 is 2.45 bits per heavy atom. The number of carbonyl (C=O) groups excluding carboxylic acids is 1. The number of phenols is 1. The Labute approximate surface area is 121 Å². The molecule has 2 unspecified atom stereocenters. The van der Waals surface area contributed by atoms with Crippen LogP contribution in [0.2, 0.25) is 0 Å². The van der Waals surface area contributed by atoms with Gasteiger partial charge in [0.15, 0.2) is 0 Å². The first-order valence-corrected chi connectivity index (χ1v) is 7.27. The second-order valence-electron chi connectivity index (χ2n) is 5.55. The van der Waals surface area contributed by atoms with Gasteiger partial charge >= 0.3 is 0 Å². The molecule has 2 atom stereocenters. The Hall–Kier alpha value is -1.55. The van der Waals surface area contributed by atoms with Crippen LogP contribution in [-0.4, -0.2) is 23.6 Å². The average molecular weight is 278 g/mol. The van der Waals surface area contributed by atoms with Crippen molar-refractivity contribution in [2.75, 3.05) is 6.54 Å². The van der Waals surface area contributed by atoms with E-state index in [1.54, 1.807) is 12.1 Å². The molecule has 0 radical (unpaired) electrons. The number of para-hydroxylation sites is 1. The van der Waals surface area contributed by atoms with Crippen LogP contribution in [0.25, 0.3) is 0 Å². The highest BCUT2D eigenvalue weighted by molar-refractivity contribution is 5.81. The van der Waals surface area contributed by atoms with E-state index < -0.39 is 0 Å². The van der Waals surface area contributed by atoms with Crippen LogP contribution in [0.15, 0.2) is 24.3 Å². The number of phenolic OH excluding ortho intramolecular Hbond substituents is 1. The van der Waals surface area contributed by atoms with E-state index in [1.165, 1.54) is 0 Å². The Morgan fingerprint density at radius 1 is 1.25 bits per heavy atom. The van der Waals surface area contributed by atoms with Crippen LogP contribution in [-0.2, 0) is 4.79 Å². The minimum absolute atomic E-state index is 0.00688. The van der Waals surface area contributed by atoms with Gasteiger partial charge in [0.1, 0.15) is 5.75 Å². The molecule has 1 rings (SSSR count). The maximum Gasteiger partial charge on any atom is 0.236 e. The molecule has 0 heterocycles. The van der Waals surface area contributed by atoms with Crippen molar-refractivity contribution in [1.82, 2.24) is 10.6 Å². The lowest BCUT2D eigenvalue weighted by atomic mass is 10.0. The highest BCUT2D eigenvalue weighted by Crippen LogP contribution is 2.26. The summed E-state index contributed by atoms with van der Waals surface area (Å²) >= 11 is 0. The van der Waals surface area contributed by atoms with E-state index in [2.05, 4.69) is 24.5 Å². The number of nitrogens with one attached hydrogen (secondary N) is 2. The monoisotopic (exact) mass is 278 g/mol. The molecule has 112 valence electrons. The van der Waals surface area contributed by atoms with Crippen LogP contribution in [0.3, 0.4) is 0 Å². The van der Waals surface area contributed by atoms with E-state index >= 15 is 0 Å². The van der Waals surface area contributed by atoms with Gasteiger partial charge in [-0.1, -0.05) is 39.0 Å². The average Bonchev–Trinajstić information content (AvgIpc) is 2.42. The number of hydrogen-bond acceptors (Lipinski definition) is 3. The summed E-state index contributed by atoms with van der Waals surface area (Å²) in [6.07, 6.45) is 0.805. The van der Waals surface area contributed by atoms with Gasteiger partial charge in [0.2, 0.25) is 5.91 Å². The van der Waals surface area contributed by atoms with Crippen LogP contribution in [0.5, 0.6) is 5.75 Å². The van der Waals surface area contributed by atoms with Crippen molar-refractivity contribution >= 4 is 5.91 Å². The molecule has 1 amide bonds. The fraction of sp³-hybridized carbons (Fsp3) is 0.562. The van der Waals surface area contributed by atoms with Crippen molar-refractivity contribution in [2.45, 2.75) is 46.2 Å². The summed E-state index contributed by atoms with van der Waals surface area (Å²) in [6.45, 7) is 8.68. The second-order valence-corrected chi connectivity index (χ2v) is 5.55. The molecule has 0 aliphatic carbocycles. The lowest BCUT2D eigenvalue weighted by Crippen LogP contribution is -2.44. The molecule has 3 N–H and O–H groups in total. The maximum atomic E-state index is 12.0. The molecule has 0 spiro atoms. The van der Waals surface area contributed by atoms with Gasteiger partial charge < -0.3 is 10.4 Å². The first kappa shape index (κ1) is 16.5. The predicted molar refractivity (Wildman–Crippen MR) is 81.6 cm³/mol. The van der Waals surface area contributed by atoms with Crippen LogP contribution >= 0.6 is 0 Å². The SMILES string of the molecule is CCC(NC(C)C(=O)NCC(C)C)c1ccccc1O. The van der Waals surface area contributed by atoms with Crippen LogP contribution in [0, 0.1) is 5.92 Å². The molecule has 20 heavy (non-hydrogen) atoms. The molecule has 0 saturated carbocycles. The van der Waals surface area contributed by atoms with Gasteiger partial charge in [-0.2, -0.15) is 0 Å². The third kappa shape index (κ3) is 4.85. The molecule has 0 aliphatic heterocycles. The van der Waals surface area contributed by atoms with E-state index in [-0.39, 0.29) is 23.7 Å². The van der Waals surface area contributed by atoms with E-state index in [4.69, 9.17) is 0 Å². The zero-order valence-corrected chi connectivity index (χ0v) is 12.8. The normalized spacial score (nSPS) is 14.1. The van der Waals surface area contributed by atoms with Gasteiger partial charge in [-0.3, -0.25) is 10.1 Å². The summed E-state index contributed by atoms with van der Waals surface area (Å²) in [6, 6.07) is 6.92. The molecule has 1 aromatic carbocycles. The van der Waals surface area contributed by atoms with Crippen molar-refractivity contribution in [3.05, 3.63) is 29.8 Å². The molecule has 0 saturated heterocycles. The highest BCUT2D eigenvalue weighted by Gasteiger charge is 2.19. The van der Waals surface area contributed by atoms with E-state index in [0.29, 0.717) is 12.5 Å². The number of rotatable bonds is 7. The van der Waals surface area contributed by atoms with Crippen molar-refractivity contribution in [3.8, 4) is 5.75 Å². The van der Waals surface area contributed by atoms with Crippen molar-refractivity contribution < 1.29 is 9.90 Å². The summed E-state index contributed by atoms with van der Waals surface area (Å²) < 4.78 is 0. The van der Waals surface area contributed by atoms with Crippen molar-refractivity contribution in [3.63, 3.8) is 0 Å². The van der Waals surface area contributed by atoms with Gasteiger partial charge in [0, 0.05) is 18.2 Å². The Morgan fingerprint density at radius 2 is 1.90 bits per heavy atom. The van der Waals surface area contributed by atoms with Gasteiger partial charge in [0.25, 0.3) is 0 Å². The number of benzene rings is 1. The second kappa shape index (κ2) is 7.90. The predicted octanol–water partition coefficient (Wildman–Crippen LogP) is 2.59. The van der Waals surface area contributed by atoms with Crippen LogP contribution in [0.4, 0.5) is 0 Å². The van der Waals surface area contributed by atoms with E-state index in [9.17, 15) is 9.90 Å². The summed E-state index contributed by atoms with van der Waals surface area (Å²) in [5, 5.41) is 16.1. The first-order chi connectivity index (χ1) is 9.45. The molecule has 4 heteroatoms. The lowest BCUT2D eigenvalue weighted by Gasteiger charge is -2.23. The maximum absolute atomic E-state index is 12.0. The molecule has 4 nitrogen and oxygen atoms in total. The fourth-order valence-electron chi connectivity index (χ4n) is 2.05. The molecule has 0 fully saturated rings. The van der Waals surface area contributed by atoms with Gasteiger partial charge in [-0.05, 0) is 25.3 Å². The third-order valence-corrected chi connectivity index (χ3v) is 3.25. The van der Waals surface area contributed by atoms with Crippen molar-refractivity contribution in [2.24, 2.45) is 5.92 Å². The van der Waals surface area contributed by atoms with Crippen molar-refractivity contribution in [1.29, 1.82) is 0 Å². The van der Waals surface area contributed by atoms with Gasteiger partial charge in [-0.15, -0.1) is 0 Å². The zero-order chi connectivity index (χ0) is 15.1. The Balaban J connectivity index is 2.64. The Kier molecular flexibility index (Phi) is 6.52. The van der Waals surface area contributed by atoms with E-state index in [0.717, 1.165) is 12.0 Å². The quantitative estimate of drug-likeness (QED) is 0.718. The largest absolute Gasteiger partial charge is 0.508 e. The molecular weight excluding hydrogens is 252 g/mol.